The van der Waals surface area contributed by atoms with E-state index in [0.717, 1.165) is 11.3 Å². The van der Waals surface area contributed by atoms with Gasteiger partial charge in [-0.05, 0) is 19.1 Å². The molecule has 0 aliphatic heterocycles. The summed E-state index contributed by atoms with van der Waals surface area (Å²) in [5.74, 6) is 0.560. The number of likely N-dealkylation sites (N-methyl/N-ethyl adjacent to an activating group) is 1. The van der Waals surface area contributed by atoms with Gasteiger partial charge in [-0.2, -0.15) is 0 Å². The Morgan fingerprint density at radius 2 is 1.78 bits per heavy atom. The van der Waals surface area contributed by atoms with E-state index in [9.17, 15) is 9.59 Å². The van der Waals surface area contributed by atoms with Crippen LogP contribution < -0.4 is 5.32 Å². The summed E-state index contributed by atoms with van der Waals surface area (Å²) in [5.41, 5.74) is 2.25. The first kappa shape index (κ1) is 18.4. The molecule has 0 spiro atoms. The SMILES string of the molecule is CCN(CCNC=O)C(=O)c1cn(-c2ccccc2)c(-c2ccccc2)n1. The average Bonchev–Trinajstić information content (AvgIpc) is 3.18. The molecule has 3 aromatic rings. The molecule has 1 aromatic heterocycles. The van der Waals surface area contributed by atoms with Crippen molar-refractivity contribution in [3.05, 3.63) is 72.6 Å². The van der Waals surface area contributed by atoms with E-state index in [4.69, 9.17) is 0 Å². The van der Waals surface area contributed by atoms with Crippen LogP contribution in [0.15, 0.2) is 66.9 Å². The Kier molecular flexibility index (Phi) is 5.99. The predicted molar refractivity (Wildman–Crippen MR) is 105 cm³/mol. The Balaban J connectivity index is 1.98. The largest absolute Gasteiger partial charge is 0.357 e. The molecule has 3 rings (SSSR count). The van der Waals surface area contributed by atoms with Crippen molar-refractivity contribution in [1.82, 2.24) is 19.8 Å². The highest BCUT2D eigenvalue weighted by atomic mass is 16.2. The molecule has 138 valence electrons. The molecule has 0 radical (unpaired) electrons. The van der Waals surface area contributed by atoms with E-state index in [-0.39, 0.29) is 5.91 Å². The van der Waals surface area contributed by atoms with E-state index in [0.29, 0.717) is 37.6 Å². The second-order valence-electron chi connectivity index (χ2n) is 5.98. The van der Waals surface area contributed by atoms with Crippen LogP contribution in [0.4, 0.5) is 0 Å². The van der Waals surface area contributed by atoms with Crippen molar-refractivity contribution in [2.45, 2.75) is 6.92 Å². The highest BCUT2D eigenvalue weighted by molar-refractivity contribution is 5.93. The molecule has 0 unspecified atom stereocenters. The predicted octanol–water partition coefficient (Wildman–Crippen LogP) is 2.75. The normalized spacial score (nSPS) is 10.4. The zero-order valence-corrected chi connectivity index (χ0v) is 15.2. The molecule has 6 nitrogen and oxygen atoms in total. The lowest BCUT2D eigenvalue weighted by molar-refractivity contribution is -0.109. The molecule has 1 N–H and O–H groups in total. The van der Waals surface area contributed by atoms with Crippen molar-refractivity contribution >= 4 is 12.3 Å². The lowest BCUT2D eigenvalue weighted by Gasteiger charge is -2.19. The van der Waals surface area contributed by atoms with Gasteiger partial charge in [0.1, 0.15) is 11.5 Å². The first-order chi connectivity index (χ1) is 13.2. The highest BCUT2D eigenvalue weighted by Crippen LogP contribution is 2.23. The molecule has 0 bridgehead atoms. The van der Waals surface area contributed by atoms with Gasteiger partial charge in [0.15, 0.2) is 0 Å². The average molecular weight is 362 g/mol. The Labute approximate surface area is 158 Å². The number of carbonyl (C=O) groups is 2. The maximum Gasteiger partial charge on any atom is 0.274 e. The summed E-state index contributed by atoms with van der Waals surface area (Å²) in [5, 5.41) is 2.59. The van der Waals surface area contributed by atoms with E-state index in [1.54, 1.807) is 11.1 Å². The lowest BCUT2D eigenvalue weighted by atomic mass is 10.2. The van der Waals surface area contributed by atoms with Crippen LogP contribution in [0.5, 0.6) is 0 Å². The van der Waals surface area contributed by atoms with Gasteiger partial charge in [0, 0.05) is 37.1 Å². The molecule has 0 saturated carbocycles. The minimum absolute atomic E-state index is 0.155. The van der Waals surface area contributed by atoms with E-state index >= 15 is 0 Å². The smallest absolute Gasteiger partial charge is 0.274 e. The fraction of sp³-hybridized carbons (Fsp3) is 0.190. The second kappa shape index (κ2) is 8.80. The fourth-order valence-electron chi connectivity index (χ4n) is 2.88. The minimum Gasteiger partial charge on any atom is -0.357 e. The number of carbonyl (C=O) groups excluding carboxylic acids is 2. The number of nitrogens with zero attached hydrogens (tertiary/aromatic N) is 3. The highest BCUT2D eigenvalue weighted by Gasteiger charge is 2.20. The standard InChI is InChI=1S/C21H22N4O2/c1-2-24(14-13-22-16-26)21(27)19-15-25(18-11-7-4-8-12-18)20(23-19)17-9-5-3-6-10-17/h3-12,15-16H,2,13-14H2,1H3,(H,22,26). The van der Waals surface area contributed by atoms with Gasteiger partial charge in [-0.25, -0.2) is 4.98 Å². The quantitative estimate of drug-likeness (QED) is 0.495. The molecular weight excluding hydrogens is 340 g/mol. The molecule has 2 aromatic carbocycles. The van der Waals surface area contributed by atoms with Gasteiger partial charge in [-0.3, -0.25) is 14.2 Å². The summed E-state index contributed by atoms with van der Waals surface area (Å²) in [4.78, 5) is 29.7. The molecule has 0 aliphatic rings. The number of imidazole rings is 1. The Hall–Kier alpha value is -3.41. The van der Waals surface area contributed by atoms with E-state index in [2.05, 4.69) is 10.3 Å². The molecular formula is C21H22N4O2. The van der Waals surface area contributed by atoms with Gasteiger partial charge < -0.3 is 10.2 Å². The number of benzene rings is 2. The topological polar surface area (TPSA) is 67.2 Å². The summed E-state index contributed by atoms with van der Waals surface area (Å²) in [6.07, 6.45) is 2.41. The molecule has 0 fully saturated rings. The summed E-state index contributed by atoms with van der Waals surface area (Å²) < 4.78 is 1.93. The van der Waals surface area contributed by atoms with Crippen molar-refractivity contribution in [1.29, 1.82) is 0 Å². The summed E-state index contributed by atoms with van der Waals surface area (Å²) in [7, 11) is 0. The number of nitrogens with one attached hydrogen (secondary N) is 1. The van der Waals surface area contributed by atoms with Crippen LogP contribution in [-0.2, 0) is 4.79 Å². The third-order valence-corrected chi connectivity index (χ3v) is 4.27. The fourth-order valence-corrected chi connectivity index (χ4v) is 2.88. The second-order valence-corrected chi connectivity index (χ2v) is 5.98. The van der Waals surface area contributed by atoms with Crippen LogP contribution in [0.2, 0.25) is 0 Å². The van der Waals surface area contributed by atoms with Crippen LogP contribution >= 0.6 is 0 Å². The summed E-state index contributed by atoms with van der Waals surface area (Å²) in [6.45, 7) is 3.30. The van der Waals surface area contributed by atoms with Crippen molar-refractivity contribution in [2.24, 2.45) is 0 Å². The van der Waals surface area contributed by atoms with Crippen molar-refractivity contribution < 1.29 is 9.59 Å². The molecule has 0 atom stereocenters. The molecule has 0 saturated heterocycles. The third-order valence-electron chi connectivity index (χ3n) is 4.27. The van der Waals surface area contributed by atoms with E-state index < -0.39 is 0 Å². The first-order valence-electron chi connectivity index (χ1n) is 8.91. The summed E-state index contributed by atoms with van der Waals surface area (Å²) >= 11 is 0. The minimum atomic E-state index is -0.155. The zero-order chi connectivity index (χ0) is 19.1. The molecule has 6 heteroatoms. The van der Waals surface area contributed by atoms with Crippen LogP contribution in [0.25, 0.3) is 17.1 Å². The van der Waals surface area contributed by atoms with Crippen LogP contribution in [0.1, 0.15) is 17.4 Å². The number of para-hydroxylation sites is 1. The van der Waals surface area contributed by atoms with Crippen molar-refractivity contribution in [3.63, 3.8) is 0 Å². The molecule has 1 heterocycles. The van der Waals surface area contributed by atoms with E-state index in [1.807, 2.05) is 72.2 Å². The Bertz CT molecular complexity index is 834. The number of hydrogen-bond donors (Lipinski definition) is 1. The van der Waals surface area contributed by atoms with Crippen LogP contribution in [-0.4, -0.2) is 46.4 Å². The van der Waals surface area contributed by atoms with Gasteiger partial charge in [-0.1, -0.05) is 48.5 Å². The lowest BCUT2D eigenvalue weighted by Crippen LogP contribution is -2.36. The van der Waals surface area contributed by atoms with Gasteiger partial charge >= 0.3 is 0 Å². The zero-order valence-electron chi connectivity index (χ0n) is 15.2. The number of hydrogen-bond acceptors (Lipinski definition) is 3. The van der Waals surface area contributed by atoms with E-state index in [1.165, 1.54) is 0 Å². The first-order valence-corrected chi connectivity index (χ1v) is 8.91. The van der Waals surface area contributed by atoms with Crippen LogP contribution in [0, 0.1) is 0 Å². The number of aromatic nitrogens is 2. The van der Waals surface area contributed by atoms with Gasteiger partial charge in [0.2, 0.25) is 6.41 Å². The maximum absolute atomic E-state index is 12.9. The van der Waals surface area contributed by atoms with Gasteiger partial charge in [0.25, 0.3) is 5.91 Å². The molecule has 2 amide bonds. The third kappa shape index (κ3) is 4.23. The number of rotatable bonds is 8. The monoisotopic (exact) mass is 362 g/mol. The van der Waals surface area contributed by atoms with Gasteiger partial charge in [0.05, 0.1) is 0 Å². The Morgan fingerprint density at radius 3 is 2.41 bits per heavy atom. The maximum atomic E-state index is 12.9. The summed E-state index contributed by atoms with van der Waals surface area (Å²) in [6, 6.07) is 19.6. The number of amides is 2. The Morgan fingerprint density at radius 1 is 1.11 bits per heavy atom. The van der Waals surface area contributed by atoms with Gasteiger partial charge in [-0.15, -0.1) is 0 Å². The van der Waals surface area contributed by atoms with Crippen molar-refractivity contribution in [2.75, 3.05) is 19.6 Å². The molecule has 0 aliphatic carbocycles. The van der Waals surface area contributed by atoms with Crippen molar-refractivity contribution in [3.8, 4) is 17.1 Å². The molecule has 27 heavy (non-hydrogen) atoms. The van der Waals surface area contributed by atoms with Crippen LogP contribution in [0.3, 0.4) is 0 Å².